The summed E-state index contributed by atoms with van der Waals surface area (Å²) in [5.74, 6) is 0. The lowest BCUT2D eigenvalue weighted by Gasteiger charge is -2.34. The van der Waals surface area contributed by atoms with Gasteiger partial charge in [-0.1, -0.05) is 165 Å². The Hall–Kier alpha value is -3.20. The van der Waals surface area contributed by atoms with Crippen LogP contribution < -0.4 is 5.19 Å². The van der Waals surface area contributed by atoms with Gasteiger partial charge in [0.15, 0.2) is 0 Å². The highest BCUT2D eigenvalue weighted by Gasteiger charge is 2.36. The van der Waals surface area contributed by atoms with Gasteiger partial charge in [0.1, 0.15) is 0 Å². The summed E-state index contributed by atoms with van der Waals surface area (Å²) >= 11 is 3.56. The third-order valence-electron chi connectivity index (χ3n) is 6.83. The van der Waals surface area contributed by atoms with Gasteiger partial charge in [0.2, 0.25) is 0 Å². The first kappa shape index (κ1) is 23.5. The zero-order valence-electron chi connectivity index (χ0n) is 19.8. The number of hydrogen-bond acceptors (Lipinski definition) is 0. The van der Waals surface area contributed by atoms with Crippen molar-refractivity contribution in [2.45, 2.75) is 18.1 Å². The molecule has 0 radical (unpaired) electrons. The molecule has 0 spiro atoms. The van der Waals surface area contributed by atoms with Gasteiger partial charge < -0.3 is 0 Å². The molecule has 0 fully saturated rings. The molecule has 5 aromatic carbocycles. The molecule has 2 heteroatoms. The zero-order valence-corrected chi connectivity index (χ0v) is 22.4. The molecule has 0 aromatic heterocycles. The van der Waals surface area contributed by atoms with Crippen LogP contribution in [0.1, 0.15) is 16.7 Å². The summed E-state index contributed by atoms with van der Waals surface area (Å²) in [6.07, 6.45) is 0. The van der Waals surface area contributed by atoms with Gasteiger partial charge >= 0.3 is 0 Å². The van der Waals surface area contributed by atoms with Gasteiger partial charge in [-0.15, -0.1) is 0 Å². The molecular weight excluding hydrogens is 504 g/mol. The van der Waals surface area contributed by atoms with E-state index in [9.17, 15) is 0 Å². The van der Waals surface area contributed by atoms with Crippen LogP contribution in [0, 0.1) is 0 Å². The van der Waals surface area contributed by atoms with Crippen LogP contribution >= 0.6 is 15.9 Å². The van der Waals surface area contributed by atoms with Crippen molar-refractivity contribution in [1.29, 1.82) is 0 Å². The van der Waals surface area contributed by atoms with E-state index in [0.29, 0.717) is 0 Å². The second-order valence-electron chi connectivity index (χ2n) is 9.35. The van der Waals surface area contributed by atoms with E-state index in [1.54, 1.807) is 0 Å². The predicted molar refractivity (Wildman–Crippen MR) is 155 cm³/mol. The summed E-state index contributed by atoms with van der Waals surface area (Å²) in [5, 5.41) is 1.52. The topological polar surface area (TPSA) is 0 Å². The van der Waals surface area contributed by atoms with Crippen LogP contribution in [0.2, 0.25) is 0 Å². The molecular formula is C33H29BrSi. The van der Waals surface area contributed by atoms with E-state index in [4.69, 9.17) is 0 Å². The first-order valence-electron chi connectivity index (χ1n) is 12.2. The largest absolute Gasteiger partial charge is 0.0995 e. The van der Waals surface area contributed by atoms with Gasteiger partial charge in [-0.05, 0) is 41.4 Å². The highest BCUT2D eigenvalue weighted by Crippen LogP contribution is 2.26. The number of hydrogen-bond donors (Lipinski definition) is 0. The fourth-order valence-corrected chi connectivity index (χ4v) is 10.3. The maximum atomic E-state index is 3.56. The highest BCUT2D eigenvalue weighted by atomic mass is 79.9. The third kappa shape index (κ3) is 5.90. The summed E-state index contributed by atoms with van der Waals surface area (Å²) in [4.78, 5) is 0. The van der Waals surface area contributed by atoms with Crippen molar-refractivity contribution < 1.29 is 0 Å². The van der Waals surface area contributed by atoms with Gasteiger partial charge in [-0.25, -0.2) is 0 Å². The van der Waals surface area contributed by atoms with E-state index >= 15 is 0 Å². The molecule has 0 nitrogen and oxygen atoms in total. The fourth-order valence-electron chi connectivity index (χ4n) is 5.11. The summed E-state index contributed by atoms with van der Waals surface area (Å²) < 4.78 is 1.11. The fraction of sp³-hybridized carbons (Fsp3) is 0.0909. The minimum Gasteiger partial charge on any atom is -0.0623 e. The van der Waals surface area contributed by atoms with E-state index in [0.717, 1.165) is 22.6 Å². The Labute approximate surface area is 218 Å². The van der Waals surface area contributed by atoms with Crippen LogP contribution in [0.15, 0.2) is 144 Å². The number of benzene rings is 5. The van der Waals surface area contributed by atoms with E-state index in [1.807, 2.05) is 0 Å². The number of halogens is 1. The average Bonchev–Trinajstić information content (AvgIpc) is 2.91. The lowest BCUT2D eigenvalue weighted by molar-refractivity contribution is 1.15. The maximum absolute atomic E-state index is 3.56. The van der Waals surface area contributed by atoms with Crippen molar-refractivity contribution in [2.24, 2.45) is 0 Å². The molecule has 0 aliphatic rings. The third-order valence-corrected chi connectivity index (χ3v) is 12.2. The minimum atomic E-state index is -2.03. The Kier molecular flexibility index (Phi) is 7.41. The molecule has 0 aliphatic heterocycles. The van der Waals surface area contributed by atoms with Crippen LogP contribution in [-0.4, -0.2) is 8.07 Å². The molecule has 0 aliphatic carbocycles. The lowest BCUT2D eigenvalue weighted by atomic mass is 10.1. The second-order valence-corrected chi connectivity index (χ2v) is 14.5. The molecule has 0 N–H and O–H groups in total. The van der Waals surface area contributed by atoms with Crippen LogP contribution in [0.4, 0.5) is 0 Å². The van der Waals surface area contributed by atoms with Gasteiger partial charge in [0, 0.05) is 4.47 Å². The molecule has 0 unspecified atom stereocenters. The van der Waals surface area contributed by atoms with Gasteiger partial charge in [-0.2, -0.15) is 0 Å². The van der Waals surface area contributed by atoms with Crippen LogP contribution in [0.25, 0.3) is 11.1 Å². The molecule has 0 heterocycles. The summed E-state index contributed by atoms with van der Waals surface area (Å²) in [5.41, 5.74) is 6.82. The van der Waals surface area contributed by atoms with E-state index < -0.39 is 8.07 Å². The van der Waals surface area contributed by atoms with Crippen LogP contribution in [0.5, 0.6) is 0 Å². The molecule has 0 amide bonds. The second kappa shape index (κ2) is 11.0. The van der Waals surface area contributed by atoms with Crippen molar-refractivity contribution >= 4 is 29.2 Å². The van der Waals surface area contributed by atoms with Crippen LogP contribution in [0.3, 0.4) is 0 Å². The molecule has 5 aromatic rings. The first-order chi connectivity index (χ1) is 17.2. The van der Waals surface area contributed by atoms with Crippen molar-refractivity contribution in [1.82, 2.24) is 0 Å². The van der Waals surface area contributed by atoms with E-state index in [2.05, 4.69) is 155 Å². The highest BCUT2D eigenvalue weighted by molar-refractivity contribution is 9.10. The molecule has 0 saturated heterocycles. The average molecular weight is 534 g/mol. The van der Waals surface area contributed by atoms with Crippen molar-refractivity contribution in [2.75, 3.05) is 0 Å². The normalized spacial score (nSPS) is 11.3. The molecule has 172 valence electrons. The maximum Gasteiger partial charge on any atom is 0.0995 e. The summed E-state index contributed by atoms with van der Waals surface area (Å²) in [6, 6.07) is 54.6. The minimum absolute atomic E-state index is 1.11. The Morgan fingerprint density at radius 1 is 0.400 bits per heavy atom. The lowest BCUT2D eigenvalue weighted by Crippen LogP contribution is -2.55. The van der Waals surface area contributed by atoms with Crippen molar-refractivity contribution in [3.8, 4) is 11.1 Å². The van der Waals surface area contributed by atoms with E-state index in [-0.39, 0.29) is 0 Å². The summed E-state index contributed by atoms with van der Waals surface area (Å²) in [7, 11) is -2.03. The Morgan fingerprint density at radius 3 is 1.11 bits per heavy atom. The van der Waals surface area contributed by atoms with Gasteiger partial charge in [0.25, 0.3) is 0 Å². The van der Waals surface area contributed by atoms with Crippen molar-refractivity contribution in [3.63, 3.8) is 0 Å². The quantitative estimate of drug-likeness (QED) is 0.177. The first-order valence-corrected chi connectivity index (χ1v) is 15.6. The molecule has 0 bridgehead atoms. The Balaban J connectivity index is 1.60. The Bertz CT molecular complexity index is 1230. The predicted octanol–water partition coefficient (Wildman–Crippen LogP) is 8.12. The van der Waals surface area contributed by atoms with Gasteiger partial charge in [-0.3, -0.25) is 0 Å². The monoisotopic (exact) mass is 532 g/mol. The standard InChI is InChI=1S/C33H29BrSi/c34-32-20-16-30(17-21-32)31-18-22-33(23-19-31)35(24-27-10-4-1-5-11-27,25-28-12-6-2-7-13-28)26-29-14-8-3-9-15-29/h1-23H,24-26H2. The molecule has 0 saturated carbocycles. The molecule has 0 atom stereocenters. The number of rotatable bonds is 8. The molecule has 35 heavy (non-hydrogen) atoms. The van der Waals surface area contributed by atoms with E-state index in [1.165, 1.54) is 33.0 Å². The summed E-state index contributed by atoms with van der Waals surface area (Å²) in [6.45, 7) is 0. The zero-order chi connectivity index (χ0) is 23.9. The smallest absolute Gasteiger partial charge is 0.0623 e. The van der Waals surface area contributed by atoms with Gasteiger partial charge in [0.05, 0.1) is 8.07 Å². The SMILES string of the molecule is Brc1ccc(-c2ccc([Si](Cc3ccccc3)(Cc3ccccc3)Cc3ccccc3)cc2)cc1. The molecule has 5 rings (SSSR count). The Morgan fingerprint density at radius 2 is 0.743 bits per heavy atom. The van der Waals surface area contributed by atoms with Crippen LogP contribution in [-0.2, 0) is 18.1 Å². The van der Waals surface area contributed by atoms with Crippen molar-refractivity contribution in [3.05, 3.63) is 161 Å².